The minimum atomic E-state index is -0.442. The van der Waals surface area contributed by atoms with Crippen molar-refractivity contribution in [3.63, 3.8) is 0 Å². The fraction of sp³-hybridized carbons (Fsp3) is 0.278. The average molecular weight is 355 g/mol. The molecule has 8 nitrogen and oxygen atoms in total. The first-order chi connectivity index (χ1) is 12.6. The highest BCUT2D eigenvalue weighted by molar-refractivity contribution is 5.91. The molecule has 0 saturated carbocycles. The van der Waals surface area contributed by atoms with Gasteiger partial charge in [-0.3, -0.25) is 4.79 Å². The summed E-state index contributed by atoms with van der Waals surface area (Å²) >= 11 is 0. The Morgan fingerprint density at radius 1 is 1.19 bits per heavy atom. The molecule has 1 aliphatic heterocycles. The van der Waals surface area contributed by atoms with E-state index in [4.69, 9.17) is 18.4 Å². The zero-order chi connectivity index (χ0) is 18.1. The van der Waals surface area contributed by atoms with Gasteiger partial charge in [-0.25, -0.2) is 0 Å². The number of hydrogen-bond acceptors (Lipinski definition) is 7. The molecule has 26 heavy (non-hydrogen) atoms. The topological polar surface area (TPSA) is 99.6 Å². The summed E-state index contributed by atoms with van der Waals surface area (Å²) in [4.78, 5) is 16.7. The average Bonchev–Trinajstić information content (AvgIpc) is 3.39. The van der Waals surface area contributed by atoms with Crippen LogP contribution in [0.1, 0.15) is 36.3 Å². The summed E-state index contributed by atoms with van der Waals surface area (Å²) < 4.78 is 21.2. The normalized spacial score (nSPS) is 13.8. The number of furan rings is 1. The lowest BCUT2D eigenvalue weighted by atomic mass is 10.0. The summed E-state index contributed by atoms with van der Waals surface area (Å²) in [5.41, 5.74) is 0.740. The van der Waals surface area contributed by atoms with Crippen molar-refractivity contribution in [2.24, 2.45) is 5.92 Å². The van der Waals surface area contributed by atoms with Crippen molar-refractivity contribution >= 4 is 5.91 Å². The quantitative estimate of drug-likeness (QED) is 0.750. The molecule has 1 aliphatic rings. The van der Waals surface area contributed by atoms with Crippen LogP contribution in [0.15, 0.2) is 45.5 Å². The smallest absolute Gasteiger partial charge is 0.287 e. The van der Waals surface area contributed by atoms with Crippen LogP contribution in [0.4, 0.5) is 0 Å². The van der Waals surface area contributed by atoms with Gasteiger partial charge in [0.25, 0.3) is 5.91 Å². The Labute approximate surface area is 149 Å². The molecule has 1 aromatic carbocycles. The molecular weight excluding hydrogens is 338 g/mol. The Kier molecular flexibility index (Phi) is 4.08. The molecule has 0 unspecified atom stereocenters. The molecule has 0 fully saturated rings. The van der Waals surface area contributed by atoms with Gasteiger partial charge in [0.1, 0.15) is 6.04 Å². The molecular formula is C18H17N3O5. The Morgan fingerprint density at radius 3 is 2.81 bits per heavy atom. The molecule has 0 saturated heterocycles. The first-order valence-corrected chi connectivity index (χ1v) is 8.20. The SMILES string of the molecule is CC(C)[C@@H](NC(=O)c1ccco1)c1nc(-c2ccc3c(c2)OCO3)no1. The highest BCUT2D eigenvalue weighted by Crippen LogP contribution is 2.35. The number of hydrogen-bond donors (Lipinski definition) is 1. The van der Waals surface area contributed by atoms with Crippen LogP contribution in [0.2, 0.25) is 0 Å². The molecule has 8 heteroatoms. The summed E-state index contributed by atoms with van der Waals surface area (Å²) in [5, 5.41) is 6.90. The number of nitrogens with one attached hydrogen (secondary N) is 1. The van der Waals surface area contributed by atoms with Crippen molar-refractivity contribution < 1.29 is 23.2 Å². The Balaban J connectivity index is 1.57. The van der Waals surface area contributed by atoms with E-state index in [-0.39, 0.29) is 24.4 Å². The van der Waals surface area contributed by atoms with Gasteiger partial charge in [-0.1, -0.05) is 19.0 Å². The van der Waals surface area contributed by atoms with Crippen LogP contribution < -0.4 is 14.8 Å². The second-order valence-electron chi connectivity index (χ2n) is 6.20. The van der Waals surface area contributed by atoms with E-state index >= 15 is 0 Å². The second kappa shape index (κ2) is 6.55. The molecule has 4 rings (SSSR count). The van der Waals surface area contributed by atoms with Crippen LogP contribution in [-0.4, -0.2) is 22.8 Å². The third-order valence-corrected chi connectivity index (χ3v) is 4.04. The van der Waals surface area contributed by atoms with E-state index in [9.17, 15) is 4.79 Å². The summed E-state index contributed by atoms with van der Waals surface area (Å²) in [6.45, 7) is 4.11. The van der Waals surface area contributed by atoms with Gasteiger partial charge >= 0.3 is 0 Å². The number of nitrogens with zero attached hydrogens (tertiary/aromatic N) is 2. The van der Waals surface area contributed by atoms with Crippen molar-refractivity contribution in [2.45, 2.75) is 19.9 Å². The number of amides is 1. The van der Waals surface area contributed by atoms with E-state index in [1.54, 1.807) is 24.3 Å². The number of aromatic nitrogens is 2. The largest absolute Gasteiger partial charge is 0.459 e. The zero-order valence-electron chi connectivity index (χ0n) is 14.3. The third-order valence-electron chi connectivity index (χ3n) is 4.04. The fourth-order valence-electron chi connectivity index (χ4n) is 2.65. The van der Waals surface area contributed by atoms with Gasteiger partial charge in [0.05, 0.1) is 6.26 Å². The molecule has 0 bridgehead atoms. The van der Waals surface area contributed by atoms with Gasteiger partial charge in [-0.2, -0.15) is 4.98 Å². The lowest BCUT2D eigenvalue weighted by Crippen LogP contribution is -2.31. The molecule has 0 aliphatic carbocycles. The van der Waals surface area contributed by atoms with Crippen molar-refractivity contribution in [3.05, 3.63) is 48.2 Å². The molecule has 3 heterocycles. The monoisotopic (exact) mass is 355 g/mol. The molecule has 2 aromatic heterocycles. The van der Waals surface area contributed by atoms with Crippen molar-refractivity contribution in [1.82, 2.24) is 15.5 Å². The van der Waals surface area contributed by atoms with E-state index in [2.05, 4.69) is 15.5 Å². The number of carbonyl (C=O) groups is 1. The van der Waals surface area contributed by atoms with Crippen LogP contribution in [-0.2, 0) is 0 Å². The van der Waals surface area contributed by atoms with E-state index in [1.165, 1.54) is 6.26 Å². The standard InChI is InChI=1S/C18H17N3O5/c1-10(2)15(19-17(22)13-4-3-7-23-13)18-20-16(21-26-18)11-5-6-12-14(8-11)25-9-24-12/h3-8,10,15H,9H2,1-2H3,(H,19,22)/t15-/m1/s1. The first kappa shape index (κ1) is 16.2. The number of ether oxygens (including phenoxy) is 2. The number of benzene rings is 1. The number of fused-ring (bicyclic) bond motifs is 1. The van der Waals surface area contributed by atoms with Gasteiger partial charge in [-0.05, 0) is 36.2 Å². The summed E-state index contributed by atoms with van der Waals surface area (Å²) in [7, 11) is 0. The van der Waals surface area contributed by atoms with Crippen molar-refractivity contribution in [1.29, 1.82) is 0 Å². The maximum Gasteiger partial charge on any atom is 0.287 e. The minimum Gasteiger partial charge on any atom is -0.459 e. The summed E-state index contributed by atoms with van der Waals surface area (Å²) in [6.07, 6.45) is 1.45. The van der Waals surface area contributed by atoms with E-state index in [0.29, 0.717) is 23.2 Å². The molecule has 0 spiro atoms. The van der Waals surface area contributed by atoms with Crippen LogP contribution in [0.25, 0.3) is 11.4 Å². The number of carbonyl (C=O) groups excluding carboxylic acids is 1. The van der Waals surface area contributed by atoms with Crippen LogP contribution in [0.5, 0.6) is 11.5 Å². The fourth-order valence-corrected chi connectivity index (χ4v) is 2.65. The first-order valence-electron chi connectivity index (χ1n) is 8.20. The van der Waals surface area contributed by atoms with Crippen LogP contribution >= 0.6 is 0 Å². The van der Waals surface area contributed by atoms with Gasteiger partial charge in [0.2, 0.25) is 18.5 Å². The predicted molar refractivity (Wildman–Crippen MR) is 89.6 cm³/mol. The second-order valence-corrected chi connectivity index (χ2v) is 6.20. The van der Waals surface area contributed by atoms with Gasteiger partial charge in [0.15, 0.2) is 17.3 Å². The van der Waals surface area contributed by atoms with Crippen molar-refractivity contribution in [3.8, 4) is 22.9 Å². The van der Waals surface area contributed by atoms with E-state index in [1.807, 2.05) is 19.9 Å². The highest BCUT2D eigenvalue weighted by Gasteiger charge is 2.26. The Morgan fingerprint density at radius 2 is 2.04 bits per heavy atom. The summed E-state index contributed by atoms with van der Waals surface area (Å²) in [5.74, 6) is 1.99. The highest BCUT2D eigenvalue weighted by atomic mass is 16.7. The Bertz CT molecular complexity index is 917. The third kappa shape index (κ3) is 3.01. The van der Waals surface area contributed by atoms with E-state index in [0.717, 1.165) is 5.56 Å². The van der Waals surface area contributed by atoms with Crippen LogP contribution in [0, 0.1) is 5.92 Å². The molecule has 1 amide bonds. The molecule has 3 aromatic rings. The number of rotatable bonds is 5. The molecule has 1 atom stereocenters. The van der Waals surface area contributed by atoms with E-state index < -0.39 is 6.04 Å². The molecule has 0 radical (unpaired) electrons. The van der Waals surface area contributed by atoms with Gasteiger partial charge in [-0.15, -0.1) is 0 Å². The molecule has 1 N–H and O–H groups in total. The van der Waals surface area contributed by atoms with Crippen molar-refractivity contribution in [2.75, 3.05) is 6.79 Å². The Hall–Kier alpha value is -3.29. The lowest BCUT2D eigenvalue weighted by Gasteiger charge is -2.17. The molecule has 134 valence electrons. The summed E-state index contributed by atoms with van der Waals surface area (Å²) in [6, 6.07) is 8.23. The lowest BCUT2D eigenvalue weighted by molar-refractivity contribution is 0.0885. The maximum atomic E-state index is 12.3. The zero-order valence-corrected chi connectivity index (χ0v) is 14.3. The minimum absolute atomic E-state index is 0.0407. The van der Waals surface area contributed by atoms with Gasteiger partial charge in [0, 0.05) is 5.56 Å². The predicted octanol–water partition coefficient (Wildman–Crippen LogP) is 3.19. The maximum absolute atomic E-state index is 12.3. The van der Waals surface area contributed by atoms with Gasteiger partial charge < -0.3 is 23.7 Å². The van der Waals surface area contributed by atoms with Crippen LogP contribution in [0.3, 0.4) is 0 Å².